The minimum atomic E-state index is -0.310. The van der Waals surface area contributed by atoms with Gasteiger partial charge in [-0.25, -0.2) is 9.37 Å². The number of benzene rings is 1. The molecule has 0 aliphatic carbocycles. The summed E-state index contributed by atoms with van der Waals surface area (Å²) in [5.74, 6) is 0.762. The van der Waals surface area contributed by atoms with Crippen LogP contribution in [-0.2, 0) is 18.8 Å². The molecule has 0 fully saturated rings. The van der Waals surface area contributed by atoms with Crippen molar-refractivity contribution in [2.75, 3.05) is 0 Å². The maximum Gasteiger partial charge on any atom is 0.139 e. The zero-order valence-electron chi connectivity index (χ0n) is 10.7. The Hall–Kier alpha value is -0.430. The van der Waals surface area contributed by atoms with Crippen LogP contribution < -0.4 is 0 Å². The van der Waals surface area contributed by atoms with E-state index in [-0.39, 0.29) is 5.82 Å². The van der Waals surface area contributed by atoms with E-state index in [0.29, 0.717) is 15.9 Å². The van der Waals surface area contributed by atoms with Gasteiger partial charge in [0.05, 0.1) is 25.2 Å². The highest BCUT2D eigenvalue weighted by Crippen LogP contribution is 2.27. The second kappa shape index (κ2) is 6.36. The molecule has 110 valence electrons. The van der Waals surface area contributed by atoms with E-state index in [4.69, 9.17) is 11.6 Å². The summed E-state index contributed by atoms with van der Waals surface area (Å²) in [5.41, 5.74) is 1.54. The number of nitrogens with zero attached hydrogens (tertiary/aromatic N) is 2. The zero-order chi connectivity index (χ0) is 15.0. The molecule has 21 heavy (non-hydrogen) atoms. The maximum absolute atomic E-state index is 13.6. The van der Waals surface area contributed by atoms with Gasteiger partial charge in [-0.15, -0.1) is 22.9 Å². The molecule has 0 aliphatic heterocycles. The van der Waals surface area contributed by atoms with Gasteiger partial charge in [0.1, 0.15) is 11.6 Å². The van der Waals surface area contributed by atoms with Crippen LogP contribution in [0.4, 0.5) is 4.39 Å². The van der Waals surface area contributed by atoms with Crippen LogP contribution in [0.15, 0.2) is 32.5 Å². The van der Waals surface area contributed by atoms with Crippen LogP contribution in [0, 0.1) is 5.82 Å². The minimum Gasteiger partial charge on any atom is -0.327 e. The quantitative estimate of drug-likeness (QED) is 0.462. The molecule has 0 aliphatic rings. The second-order valence-corrected chi connectivity index (χ2v) is 8.19. The third kappa shape index (κ3) is 3.18. The van der Waals surface area contributed by atoms with Gasteiger partial charge in [-0.05, 0) is 56.5 Å². The topological polar surface area (TPSA) is 17.8 Å². The van der Waals surface area contributed by atoms with Crippen molar-refractivity contribution >= 4 is 65.8 Å². The summed E-state index contributed by atoms with van der Waals surface area (Å²) in [6.45, 7) is 0.767. The van der Waals surface area contributed by atoms with E-state index in [9.17, 15) is 4.39 Å². The minimum absolute atomic E-state index is 0.308. The predicted octanol–water partition coefficient (Wildman–Crippen LogP) is 5.74. The smallest absolute Gasteiger partial charge is 0.139 e. The molecule has 0 N–H and O–H groups in total. The number of thiophene rings is 1. The average molecular weight is 453 g/mol. The molecular formula is C14H10Br2ClFN2S. The van der Waals surface area contributed by atoms with Crippen LogP contribution in [0.1, 0.15) is 10.7 Å². The maximum atomic E-state index is 13.6. The monoisotopic (exact) mass is 450 g/mol. The summed E-state index contributed by atoms with van der Waals surface area (Å²) < 4.78 is 17.2. The van der Waals surface area contributed by atoms with Crippen LogP contribution in [0.5, 0.6) is 0 Å². The first-order valence-electron chi connectivity index (χ1n) is 6.23. The number of halogens is 4. The molecule has 0 atom stereocenters. The van der Waals surface area contributed by atoms with Crippen molar-refractivity contribution in [1.29, 1.82) is 0 Å². The third-order valence-corrected chi connectivity index (χ3v) is 5.73. The molecule has 0 unspecified atom stereocenters. The number of aryl methyl sites for hydroxylation is 2. The highest BCUT2D eigenvalue weighted by atomic mass is 79.9. The average Bonchev–Trinajstić information content (AvgIpc) is 3.01. The first-order chi connectivity index (χ1) is 10.1. The van der Waals surface area contributed by atoms with Crippen LogP contribution in [0.2, 0.25) is 0 Å². The Balaban J connectivity index is 1.97. The van der Waals surface area contributed by atoms with Gasteiger partial charge in [0.15, 0.2) is 0 Å². The number of alkyl halides is 1. The predicted molar refractivity (Wildman–Crippen MR) is 92.7 cm³/mol. The summed E-state index contributed by atoms with van der Waals surface area (Å²) in [6.07, 6.45) is 0.889. The fourth-order valence-corrected chi connectivity index (χ4v) is 4.24. The van der Waals surface area contributed by atoms with Crippen LogP contribution in [0.25, 0.3) is 11.0 Å². The van der Waals surface area contributed by atoms with Gasteiger partial charge >= 0.3 is 0 Å². The fraction of sp³-hybridized carbons (Fsp3) is 0.214. The van der Waals surface area contributed by atoms with Crippen molar-refractivity contribution in [2.45, 2.75) is 18.8 Å². The molecule has 0 radical (unpaired) electrons. The molecule has 3 rings (SSSR count). The van der Waals surface area contributed by atoms with E-state index >= 15 is 0 Å². The largest absolute Gasteiger partial charge is 0.327 e. The Morgan fingerprint density at radius 2 is 2.10 bits per heavy atom. The van der Waals surface area contributed by atoms with Crippen LogP contribution >= 0.6 is 54.8 Å². The van der Waals surface area contributed by atoms with E-state index < -0.39 is 0 Å². The molecule has 0 spiro atoms. The van der Waals surface area contributed by atoms with Gasteiger partial charge in [-0.3, -0.25) is 0 Å². The van der Waals surface area contributed by atoms with Crippen LogP contribution in [0.3, 0.4) is 0 Å². The van der Waals surface area contributed by atoms with E-state index in [1.165, 1.54) is 10.9 Å². The highest BCUT2D eigenvalue weighted by Gasteiger charge is 2.13. The second-order valence-electron chi connectivity index (χ2n) is 4.52. The summed E-state index contributed by atoms with van der Waals surface area (Å²) >= 11 is 14.4. The van der Waals surface area contributed by atoms with Crippen molar-refractivity contribution in [3.8, 4) is 0 Å². The van der Waals surface area contributed by atoms with Gasteiger partial charge in [-0.2, -0.15) is 0 Å². The number of aromatic nitrogens is 2. The number of hydrogen-bond donors (Lipinski definition) is 0. The van der Waals surface area contributed by atoms with Gasteiger partial charge < -0.3 is 4.57 Å². The summed E-state index contributed by atoms with van der Waals surface area (Å²) in [7, 11) is 0. The zero-order valence-corrected chi connectivity index (χ0v) is 15.5. The van der Waals surface area contributed by atoms with E-state index in [0.717, 1.165) is 28.1 Å². The first-order valence-corrected chi connectivity index (χ1v) is 9.16. The van der Waals surface area contributed by atoms with Crippen molar-refractivity contribution in [2.24, 2.45) is 0 Å². The molecular weight excluding hydrogens is 442 g/mol. The molecule has 7 heteroatoms. The van der Waals surface area contributed by atoms with Crippen molar-refractivity contribution in [3.05, 3.63) is 49.0 Å². The molecule has 0 saturated heterocycles. The summed E-state index contributed by atoms with van der Waals surface area (Å²) in [6, 6.07) is 7.34. The van der Waals surface area contributed by atoms with E-state index in [1.54, 1.807) is 17.4 Å². The van der Waals surface area contributed by atoms with E-state index in [2.05, 4.69) is 47.5 Å². The lowest BCUT2D eigenvalue weighted by molar-refractivity contribution is 0.622. The summed E-state index contributed by atoms with van der Waals surface area (Å²) in [4.78, 5) is 5.70. The number of imidazole rings is 1. The van der Waals surface area contributed by atoms with Gasteiger partial charge in [0.2, 0.25) is 0 Å². The molecule has 0 bridgehead atoms. The third-order valence-electron chi connectivity index (χ3n) is 3.20. The molecule has 2 aromatic heterocycles. The lowest BCUT2D eigenvalue weighted by atomic mass is 10.3. The standard InChI is InChI=1S/C14H10Br2ClFN2S/c15-9-5-12-11(6-10(9)18)19-14(7-17)20(12)4-3-8-1-2-13(16)21-8/h1-2,5-6H,3-4,7H2. The Labute approximate surface area is 147 Å². The molecule has 0 amide bonds. The molecule has 2 nitrogen and oxygen atoms in total. The first kappa shape index (κ1) is 15.5. The lowest BCUT2D eigenvalue weighted by Gasteiger charge is -2.07. The van der Waals surface area contributed by atoms with Crippen molar-refractivity contribution in [3.63, 3.8) is 0 Å². The Morgan fingerprint density at radius 3 is 2.76 bits per heavy atom. The van der Waals surface area contributed by atoms with Crippen LogP contribution in [-0.4, -0.2) is 9.55 Å². The van der Waals surface area contributed by atoms with Crippen molar-refractivity contribution in [1.82, 2.24) is 9.55 Å². The number of hydrogen-bond acceptors (Lipinski definition) is 2. The fourth-order valence-electron chi connectivity index (χ4n) is 2.23. The van der Waals surface area contributed by atoms with Crippen molar-refractivity contribution < 1.29 is 4.39 Å². The van der Waals surface area contributed by atoms with Gasteiger partial charge in [-0.1, -0.05) is 0 Å². The molecule has 2 heterocycles. The summed E-state index contributed by atoms with van der Waals surface area (Å²) in [5, 5.41) is 0. The number of rotatable bonds is 4. The van der Waals surface area contributed by atoms with E-state index in [1.807, 2.05) is 6.07 Å². The molecule has 1 aromatic carbocycles. The molecule has 3 aromatic rings. The Bertz CT molecular complexity index is 800. The Kier molecular flexibility index (Phi) is 4.69. The SMILES string of the molecule is Fc1cc2nc(CCl)n(CCc3ccc(Br)s3)c2cc1Br. The lowest BCUT2D eigenvalue weighted by Crippen LogP contribution is -2.04. The molecule has 0 saturated carbocycles. The van der Waals surface area contributed by atoms with Gasteiger partial charge in [0, 0.05) is 17.5 Å². The Morgan fingerprint density at radius 1 is 1.29 bits per heavy atom. The normalized spacial score (nSPS) is 11.4. The van der Waals surface area contributed by atoms with Gasteiger partial charge in [0.25, 0.3) is 0 Å². The highest BCUT2D eigenvalue weighted by molar-refractivity contribution is 9.11. The number of fused-ring (bicyclic) bond motifs is 1.